The number of aliphatic imine (C=N–C) groups is 2. The van der Waals surface area contributed by atoms with E-state index in [4.69, 9.17) is 0 Å². The normalized spacial score (nSPS) is 13.6. The molecule has 0 unspecified atom stereocenters. The Balaban J connectivity index is 1.28. The van der Waals surface area contributed by atoms with Crippen molar-refractivity contribution in [2.45, 2.75) is 13.8 Å². The van der Waals surface area contributed by atoms with Crippen molar-refractivity contribution < 1.29 is 14.4 Å². The van der Waals surface area contributed by atoms with Crippen molar-refractivity contribution in [3.63, 3.8) is 0 Å². The quantitative estimate of drug-likeness (QED) is 0.224. The van der Waals surface area contributed by atoms with E-state index in [2.05, 4.69) is 41.9 Å². The Hall–Kier alpha value is -5.39. The van der Waals surface area contributed by atoms with Gasteiger partial charge in [-0.05, 0) is 80.6 Å². The third kappa shape index (κ3) is 7.47. The minimum absolute atomic E-state index is 0.212. The molecule has 222 valence electrons. The van der Waals surface area contributed by atoms with Crippen LogP contribution in [0.15, 0.2) is 76.7 Å². The first-order chi connectivity index (χ1) is 20.9. The molecule has 0 fully saturated rings. The summed E-state index contributed by atoms with van der Waals surface area (Å²) in [4.78, 5) is 49.4. The van der Waals surface area contributed by atoms with Crippen LogP contribution in [0.1, 0.15) is 35.3 Å². The number of hydrogen-bond acceptors (Lipinski definition) is 7. The molecule has 0 aromatic heterocycles. The molecule has 43 heavy (non-hydrogen) atoms. The monoisotopic (exact) mass is 581 g/mol. The summed E-state index contributed by atoms with van der Waals surface area (Å²) in [5, 5.41) is 17.6. The molecule has 0 atom stereocenters. The Bertz CT molecular complexity index is 1440. The summed E-state index contributed by atoms with van der Waals surface area (Å²) in [6.45, 7) is 7.94. The van der Waals surface area contributed by atoms with Crippen LogP contribution in [0.25, 0.3) is 0 Å². The fourth-order valence-electron chi connectivity index (χ4n) is 4.78. The van der Waals surface area contributed by atoms with E-state index in [0.29, 0.717) is 41.4 Å². The highest BCUT2D eigenvalue weighted by Gasteiger charge is 2.17. The number of rotatable bonds is 9. The number of benzene rings is 3. The van der Waals surface area contributed by atoms with Gasteiger partial charge in [0.15, 0.2) is 0 Å². The molecule has 0 spiro atoms. The SMILES string of the molecule is CCN(CC)C(=O)c1cc(NC(=O)Nc2ccc(C3=NCCN3)cc2)cc(NC(=O)Nc2ccc(C3=NCCN3)cc2)c1. The van der Waals surface area contributed by atoms with Crippen molar-refractivity contribution in [3.05, 3.63) is 83.4 Å². The molecule has 3 aromatic carbocycles. The third-order valence-corrected chi connectivity index (χ3v) is 6.93. The zero-order valence-electron chi connectivity index (χ0n) is 24.2. The number of carbonyl (C=O) groups is 3. The lowest BCUT2D eigenvalue weighted by Gasteiger charge is -2.20. The highest BCUT2D eigenvalue weighted by Crippen LogP contribution is 2.22. The first-order valence-corrected chi connectivity index (χ1v) is 14.3. The van der Waals surface area contributed by atoms with Crippen molar-refractivity contribution in [1.29, 1.82) is 0 Å². The third-order valence-electron chi connectivity index (χ3n) is 6.93. The number of nitrogens with one attached hydrogen (secondary N) is 6. The fraction of sp³-hybridized carbons (Fsp3) is 0.258. The summed E-state index contributed by atoms with van der Waals surface area (Å²) in [6, 6.07) is 18.5. The molecule has 6 N–H and O–H groups in total. The van der Waals surface area contributed by atoms with E-state index in [1.807, 2.05) is 38.1 Å². The topological polar surface area (TPSA) is 151 Å². The Morgan fingerprint density at radius 3 is 1.44 bits per heavy atom. The summed E-state index contributed by atoms with van der Waals surface area (Å²) in [6.07, 6.45) is 0. The molecule has 0 saturated heterocycles. The lowest BCUT2D eigenvalue weighted by molar-refractivity contribution is 0.0773. The summed E-state index contributed by atoms with van der Waals surface area (Å²) in [5.41, 5.74) is 4.10. The van der Waals surface area contributed by atoms with E-state index in [9.17, 15) is 14.4 Å². The van der Waals surface area contributed by atoms with Crippen LogP contribution in [0.5, 0.6) is 0 Å². The second kappa shape index (κ2) is 13.5. The smallest absolute Gasteiger partial charge is 0.323 e. The molecule has 3 aromatic rings. The molecule has 0 bridgehead atoms. The zero-order valence-corrected chi connectivity index (χ0v) is 24.2. The highest BCUT2D eigenvalue weighted by atomic mass is 16.2. The molecular formula is C31H35N9O3. The van der Waals surface area contributed by atoms with Crippen molar-refractivity contribution in [2.24, 2.45) is 9.98 Å². The number of anilines is 4. The Labute approximate surface area is 250 Å². The van der Waals surface area contributed by atoms with Gasteiger partial charge >= 0.3 is 12.1 Å². The van der Waals surface area contributed by atoms with Crippen LogP contribution in [0.3, 0.4) is 0 Å². The van der Waals surface area contributed by atoms with Crippen molar-refractivity contribution in [1.82, 2.24) is 15.5 Å². The Morgan fingerprint density at radius 1 is 0.651 bits per heavy atom. The molecule has 0 saturated carbocycles. The fourth-order valence-corrected chi connectivity index (χ4v) is 4.78. The first-order valence-electron chi connectivity index (χ1n) is 14.3. The van der Waals surface area contributed by atoms with E-state index in [1.54, 1.807) is 47.4 Å². The van der Waals surface area contributed by atoms with Gasteiger partial charge in [-0.1, -0.05) is 0 Å². The van der Waals surface area contributed by atoms with Crippen molar-refractivity contribution >= 4 is 52.4 Å². The summed E-state index contributed by atoms with van der Waals surface area (Å²) in [7, 11) is 0. The molecule has 12 heteroatoms. The molecule has 12 nitrogen and oxygen atoms in total. The predicted octanol–water partition coefficient (Wildman–Crippen LogP) is 4.16. The molecule has 2 heterocycles. The van der Waals surface area contributed by atoms with Crippen LogP contribution in [0, 0.1) is 0 Å². The van der Waals surface area contributed by atoms with Crippen LogP contribution in [0.2, 0.25) is 0 Å². The van der Waals surface area contributed by atoms with Crippen LogP contribution in [0.4, 0.5) is 32.3 Å². The molecule has 0 aliphatic carbocycles. The molecule has 5 rings (SSSR count). The van der Waals surface area contributed by atoms with Gasteiger partial charge < -0.3 is 36.8 Å². The van der Waals surface area contributed by atoms with Gasteiger partial charge in [0.2, 0.25) is 0 Å². The number of nitrogens with zero attached hydrogens (tertiary/aromatic N) is 3. The molecule has 0 radical (unpaired) electrons. The van der Waals surface area contributed by atoms with E-state index in [1.165, 1.54) is 0 Å². The Morgan fingerprint density at radius 2 is 1.07 bits per heavy atom. The largest absolute Gasteiger partial charge is 0.368 e. The van der Waals surface area contributed by atoms with Crippen molar-refractivity contribution in [2.75, 3.05) is 60.5 Å². The first kappa shape index (κ1) is 29.1. The van der Waals surface area contributed by atoms with Crippen LogP contribution in [-0.2, 0) is 0 Å². The Kier molecular flexibility index (Phi) is 9.15. The number of urea groups is 2. The predicted molar refractivity (Wildman–Crippen MR) is 171 cm³/mol. The minimum Gasteiger partial charge on any atom is -0.368 e. The number of carbonyl (C=O) groups excluding carboxylic acids is 3. The van der Waals surface area contributed by atoms with E-state index in [0.717, 1.165) is 49.0 Å². The highest BCUT2D eigenvalue weighted by molar-refractivity contribution is 6.06. The second-order valence-electron chi connectivity index (χ2n) is 9.90. The van der Waals surface area contributed by atoms with Gasteiger partial charge in [0.05, 0.1) is 13.1 Å². The van der Waals surface area contributed by atoms with Gasteiger partial charge in [-0.2, -0.15) is 0 Å². The maximum Gasteiger partial charge on any atom is 0.323 e. The summed E-state index contributed by atoms with van der Waals surface area (Å²) >= 11 is 0. The minimum atomic E-state index is -0.492. The van der Waals surface area contributed by atoms with Gasteiger partial charge in [-0.3, -0.25) is 14.8 Å². The molecular weight excluding hydrogens is 546 g/mol. The number of hydrogen-bond donors (Lipinski definition) is 6. The standard InChI is InChI=1S/C31H35N9O3/c1-3-40(4-2)29(41)22-17-25(38-30(42)36-23-9-5-20(6-10-23)27-32-13-14-33-27)19-26(18-22)39-31(43)37-24-11-7-21(8-12-24)28-34-15-16-35-28/h5-12,17-19H,3-4,13-16H2,1-2H3,(H,32,33)(H,34,35)(H2,36,38,42)(H2,37,39,43). The van der Waals surface area contributed by atoms with Gasteiger partial charge in [-0.25, -0.2) is 9.59 Å². The molecule has 2 aliphatic heterocycles. The van der Waals surface area contributed by atoms with Crippen LogP contribution >= 0.6 is 0 Å². The maximum atomic E-state index is 13.2. The summed E-state index contributed by atoms with van der Waals surface area (Å²) < 4.78 is 0. The van der Waals surface area contributed by atoms with Crippen LogP contribution in [-0.4, -0.2) is 73.8 Å². The van der Waals surface area contributed by atoms with E-state index >= 15 is 0 Å². The maximum absolute atomic E-state index is 13.2. The second-order valence-corrected chi connectivity index (χ2v) is 9.90. The van der Waals surface area contributed by atoms with Gasteiger partial charge in [0.1, 0.15) is 11.7 Å². The average Bonchev–Trinajstić information content (AvgIpc) is 3.74. The van der Waals surface area contributed by atoms with E-state index in [-0.39, 0.29) is 5.91 Å². The lowest BCUT2D eigenvalue weighted by atomic mass is 10.1. The average molecular weight is 582 g/mol. The van der Waals surface area contributed by atoms with Crippen LogP contribution < -0.4 is 31.9 Å². The summed E-state index contributed by atoms with van der Waals surface area (Å²) in [5.74, 6) is 1.46. The number of amidine groups is 2. The number of amides is 5. The van der Waals surface area contributed by atoms with Crippen molar-refractivity contribution in [3.8, 4) is 0 Å². The molecule has 2 aliphatic rings. The zero-order chi connectivity index (χ0) is 30.2. The van der Waals surface area contributed by atoms with E-state index < -0.39 is 12.1 Å². The lowest BCUT2D eigenvalue weighted by Crippen LogP contribution is -2.30. The van der Waals surface area contributed by atoms with Gasteiger partial charge in [-0.15, -0.1) is 0 Å². The molecule has 5 amide bonds. The van der Waals surface area contributed by atoms with Gasteiger partial charge in [0.25, 0.3) is 5.91 Å². The van der Waals surface area contributed by atoms with Gasteiger partial charge in [0, 0.05) is 65.6 Å².